The number of halogens is 1. The van der Waals surface area contributed by atoms with Gasteiger partial charge >= 0.3 is 0 Å². The molecule has 0 saturated carbocycles. The van der Waals surface area contributed by atoms with Gasteiger partial charge in [-0.25, -0.2) is 0 Å². The lowest BCUT2D eigenvalue weighted by atomic mass is 10.0. The van der Waals surface area contributed by atoms with Gasteiger partial charge in [0.2, 0.25) is 0 Å². The second kappa shape index (κ2) is 6.08. The van der Waals surface area contributed by atoms with Gasteiger partial charge in [0.25, 0.3) is 0 Å². The fraction of sp³-hybridized carbons (Fsp3) is 0.357. The highest BCUT2D eigenvalue weighted by molar-refractivity contribution is 6.32. The van der Waals surface area contributed by atoms with Gasteiger partial charge in [-0.1, -0.05) is 24.6 Å². The normalized spacial score (nSPS) is 12.4. The van der Waals surface area contributed by atoms with Gasteiger partial charge in [-0.15, -0.1) is 0 Å². The monoisotopic (exact) mass is 279 g/mol. The molecule has 0 radical (unpaired) electrons. The first-order valence-electron chi connectivity index (χ1n) is 6.22. The predicted octanol–water partition coefficient (Wildman–Crippen LogP) is 2.78. The number of benzene rings is 1. The second-order valence-corrected chi connectivity index (χ2v) is 4.71. The molecule has 0 amide bonds. The van der Waals surface area contributed by atoms with Crippen molar-refractivity contribution >= 4 is 11.6 Å². The van der Waals surface area contributed by atoms with Crippen LogP contribution in [-0.2, 0) is 7.05 Å². The van der Waals surface area contributed by atoms with Crippen LogP contribution >= 0.6 is 11.6 Å². The highest BCUT2D eigenvalue weighted by Crippen LogP contribution is 2.29. The molecular weight excluding hydrogens is 262 g/mol. The number of aromatic nitrogens is 2. The van der Waals surface area contributed by atoms with E-state index in [4.69, 9.17) is 16.3 Å². The first-order valence-corrected chi connectivity index (χ1v) is 6.60. The topological polar surface area (TPSA) is 39.1 Å². The Hall–Kier alpha value is -1.52. The quantitative estimate of drug-likeness (QED) is 0.915. The molecule has 1 aromatic carbocycles. The van der Waals surface area contributed by atoms with Gasteiger partial charge in [-0.05, 0) is 30.3 Å². The van der Waals surface area contributed by atoms with Gasteiger partial charge in [-0.3, -0.25) is 4.68 Å². The molecule has 0 aliphatic rings. The second-order valence-electron chi connectivity index (χ2n) is 4.30. The summed E-state index contributed by atoms with van der Waals surface area (Å²) < 4.78 is 7.07. The summed E-state index contributed by atoms with van der Waals surface area (Å²) in [6.07, 6.45) is 1.94. The highest BCUT2D eigenvalue weighted by atomic mass is 35.5. The number of nitrogens with zero attached hydrogens (tertiary/aromatic N) is 2. The Labute approximate surface area is 118 Å². The summed E-state index contributed by atoms with van der Waals surface area (Å²) in [5.74, 6) is 0.679. The molecule has 1 aromatic heterocycles. The molecule has 0 spiro atoms. The fourth-order valence-electron chi connectivity index (χ4n) is 2.04. The largest absolute Gasteiger partial charge is 0.495 e. The molecule has 0 aliphatic heterocycles. The lowest BCUT2D eigenvalue weighted by molar-refractivity contribution is 0.414. The Morgan fingerprint density at radius 1 is 1.42 bits per heavy atom. The van der Waals surface area contributed by atoms with Gasteiger partial charge in [-0.2, -0.15) is 5.10 Å². The molecule has 1 atom stereocenters. The van der Waals surface area contributed by atoms with E-state index in [0.29, 0.717) is 10.8 Å². The minimum absolute atomic E-state index is 0.0392. The van der Waals surface area contributed by atoms with Crippen LogP contribution in [0.15, 0.2) is 30.5 Å². The van der Waals surface area contributed by atoms with Crippen molar-refractivity contribution in [2.45, 2.75) is 13.0 Å². The number of ether oxygens (including phenoxy) is 1. The van der Waals surface area contributed by atoms with Crippen molar-refractivity contribution in [2.75, 3.05) is 13.7 Å². The molecule has 102 valence electrons. The van der Waals surface area contributed by atoms with Crippen molar-refractivity contribution in [1.82, 2.24) is 15.1 Å². The molecule has 1 unspecified atom stereocenters. The standard InChI is InChI=1S/C14H18ClN3O/c1-4-16-14(12-7-8-18(2)17-12)10-5-6-11(15)13(9-10)19-3/h5-9,14,16H,4H2,1-3H3. The van der Waals surface area contributed by atoms with Crippen LogP contribution in [0.2, 0.25) is 5.02 Å². The third kappa shape index (κ3) is 3.08. The molecule has 19 heavy (non-hydrogen) atoms. The van der Waals surface area contributed by atoms with Crippen LogP contribution in [0.3, 0.4) is 0 Å². The number of aryl methyl sites for hydroxylation is 1. The van der Waals surface area contributed by atoms with Gasteiger partial charge in [0.1, 0.15) is 5.75 Å². The summed E-state index contributed by atoms with van der Waals surface area (Å²) in [5.41, 5.74) is 2.07. The SMILES string of the molecule is CCNC(c1ccc(Cl)c(OC)c1)c1ccn(C)n1. The zero-order valence-electron chi connectivity index (χ0n) is 11.4. The van der Waals surface area contributed by atoms with E-state index < -0.39 is 0 Å². The Kier molecular flexibility index (Phi) is 4.45. The Morgan fingerprint density at radius 3 is 2.79 bits per heavy atom. The average Bonchev–Trinajstić information content (AvgIpc) is 2.83. The highest BCUT2D eigenvalue weighted by Gasteiger charge is 2.17. The zero-order valence-corrected chi connectivity index (χ0v) is 12.1. The van der Waals surface area contributed by atoms with Gasteiger partial charge in [0.05, 0.1) is 23.9 Å². The van der Waals surface area contributed by atoms with E-state index in [1.165, 1.54) is 0 Å². The first kappa shape index (κ1) is 13.9. The number of methoxy groups -OCH3 is 1. The minimum atomic E-state index is 0.0392. The third-order valence-electron chi connectivity index (χ3n) is 2.95. The van der Waals surface area contributed by atoms with Crippen LogP contribution < -0.4 is 10.1 Å². The molecule has 5 heteroatoms. The zero-order chi connectivity index (χ0) is 13.8. The number of hydrogen-bond acceptors (Lipinski definition) is 3. The summed E-state index contributed by atoms with van der Waals surface area (Å²) >= 11 is 6.06. The maximum atomic E-state index is 6.06. The maximum Gasteiger partial charge on any atom is 0.137 e. The van der Waals surface area contributed by atoms with E-state index in [0.717, 1.165) is 17.8 Å². The number of hydrogen-bond donors (Lipinski definition) is 1. The Bertz CT molecular complexity index is 553. The molecule has 0 aliphatic carbocycles. The van der Waals surface area contributed by atoms with E-state index in [9.17, 15) is 0 Å². The van der Waals surface area contributed by atoms with Crippen LogP contribution in [0.25, 0.3) is 0 Å². The lowest BCUT2D eigenvalue weighted by Gasteiger charge is -2.17. The average molecular weight is 280 g/mol. The van der Waals surface area contributed by atoms with Crippen LogP contribution in [0, 0.1) is 0 Å². The molecule has 1 heterocycles. The number of nitrogens with one attached hydrogen (secondary N) is 1. The van der Waals surface area contributed by atoms with Crippen molar-refractivity contribution < 1.29 is 4.74 Å². The number of rotatable bonds is 5. The summed E-state index contributed by atoms with van der Waals surface area (Å²) in [4.78, 5) is 0. The summed E-state index contributed by atoms with van der Waals surface area (Å²) in [5, 5.41) is 8.50. The Morgan fingerprint density at radius 2 is 2.21 bits per heavy atom. The predicted molar refractivity (Wildman–Crippen MR) is 76.7 cm³/mol. The fourth-order valence-corrected chi connectivity index (χ4v) is 2.23. The molecule has 4 nitrogen and oxygen atoms in total. The third-order valence-corrected chi connectivity index (χ3v) is 3.26. The van der Waals surface area contributed by atoms with Gasteiger partial charge in [0, 0.05) is 13.2 Å². The van der Waals surface area contributed by atoms with E-state index >= 15 is 0 Å². The van der Waals surface area contributed by atoms with Crippen molar-refractivity contribution in [1.29, 1.82) is 0 Å². The van der Waals surface area contributed by atoms with Crippen LogP contribution in [0.5, 0.6) is 5.75 Å². The summed E-state index contributed by atoms with van der Waals surface area (Å²) in [7, 11) is 3.53. The van der Waals surface area contributed by atoms with Crippen molar-refractivity contribution in [3.63, 3.8) is 0 Å². The molecule has 0 bridgehead atoms. The molecule has 2 rings (SSSR count). The lowest BCUT2D eigenvalue weighted by Crippen LogP contribution is -2.22. The molecule has 0 saturated heterocycles. The van der Waals surface area contributed by atoms with Gasteiger partial charge < -0.3 is 10.1 Å². The van der Waals surface area contributed by atoms with E-state index in [1.807, 2.05) is 37.5 Å². The van der Waals surface area contributed by atoms with Crippen LogP contribution in [-0.4, -0.2) is 23.4 Å². The molecular formula is C14H18ClN3O. The smallest absolute Gasteiger partial charge is 0.137 e. The molecule has 2 aromatic rings. The van der Waals surface area contributed by atoms with Crippen molar-refractivity contribution in [2.24, 2.45) is 7.05 Å². The van der Waals surface area contributed by atoms with Crippen molar-refractivity contribution in [3.05, 3.63) is 46.7 Å². The van der Waals surface area contributed by atoms with Crippen molar-refractivity contribution in [3.8, 4) is 5.75 Å². The van der Waals surface area contributed by atoms with Crippen LogP contribution in [0.4, 0.5) is 0 Å². The van der Waals surface area contributed by atoms with Gasteiger partial charge in [0.15, 0.2) is 0 Å². The van der Waals surface area contributed by atoms with E-state index in [-0.39, 0.29) is 6.04 Å². The summed E-state index contributed by atoms with van der Waals surface area (Å²) in [6, 6.07) is 7.84. The Balaban J connectivity index is 2.38. The first-order chi connectivity index (χ1) is 9.15. The van der Waals surface area contributed by atoms with E-state index in [2.05, 4.69) is 17.3 Å². The van der Waals surface area contributed by atoms with E-state index in [1.54, 1.807) is 11.8 Å². The van der Waals surface area contributed by atoms with Crippen LogP contribution in [0.1, 0.15) is 24.2 Å². The minimum Gasteiger partial charge on any atom is -0.495 e. The molecule has 1 N–H and O–H groups in total. The molecule has 0 fully saturated rings. The maximum absolute atomic E-state index is 6.06. The summed E-state index contributed by atoms with van der Waals surface area (Å²) in [6.45, 7) is 2.93.